The summed E-state index contributed by atoms with van der Waals surface area (Å²) in [5.41, 5.74) is 19.0. The Kier molecular flexibility index (Phi) is 7.21. The number of benzene rings is 10. The first-order valence-corrected chi connectivity index (χ1v) is 21.3. The van der Waals surface area contributed by atoms with Crippen molar-refractivity contribution in [3.05, 3.63) is 275 Å². The van der Waals surface area contributed by atoms with Crippen LogP contribution in [-0.4, -0.2) is 0 Å². The molecule has 1 aliphatic heterocycles. The van der Waals surface area contributed by atoms with Crippen LogP contribution in [0.2, 0.25) is 0 Å². The average molecular weight is 775 g/mol. The number of para-hydroxylation sites is 2. The molecule has 0 fully saturated rings. The second-order valence-electron chi connectivity index (χ2n) is 16.6. The largest absolute Gasteiger partial charge is 0.456 e. The zero-order valence-corrected chi connectivity index (χ0v) is 33.3. The Bertz CT molecular complexity index is 3290. The fraction of sp³-hybridized carbons (Fsp3) is 0.0333. The van der Waals surface area contributed by atoms with E-state index in [1.54, 1.807) is 0 Å². The molecule has 3 aliphatic rings. The van der Waals surface area contributed by atoms with Gasteiger partial charge in [0.1, 0.15) is 11.5 Å². The highest BCUT2D eigenvalue weighted by molar-refractivity contribution is 6.07. The van der Waals surface area contributed by atoms with Crippen LogP contribution in [0.4, 0.5) is 0 Å². The van der Waals surface area contributed by atoms with Crippen LogP contribution in [-0.2, 0) is 10.8 Å². The molecule has 13 rings (SSSR count). The van der Waals surface area contributed by atoms with Gasteiger partial charge in [0.2, 0.25) is 0 Å². The van der Waals surface area contributed by atoms with Crippen LogP contribution in [0, 0.1) is 0 Å². The third-order valence-electron chi connectivity index (χ3n) is 13.9. The molecule has 1 nitrogen and oxygen atoms in total. The maximum absolute atomic E-state index is 7.12. The molecule has 61 heavy (non-hydrogen) atoms. The van der Waals surface area contributed by atoms with E-state index in [9.17, 15) is 0 Å². The lowest BCUT2D eigenvalue weighted by molar-refractivity contribution is 0.436. The predicted molar refractivity (Wildman–Crippen MR) is 250 cm³/mol. The topological polar surface area (TPSA) is 9.23 Å². The van der Waals surface area contributed by atoms with Crippen molar-refractivity contribution >= 4 is 10.8 Å². The molecule has 10 aromatic rings. The zero-order valence-electron chi connectivity index (χ0n) is 33.3. The van der Waals surface area contributed by atoms with Crippen LogP contribution in [0.1, 0.15) is 44.5 Å². The van der Waals surface area contributed by atoms with Crippen molar-refractivity contribution in [3.63, 3.8) is 0 Å². The van der Waals surface area contributed by atoms with Gasteiger partial charge < -0.3 is 4.74 Å². The van der Waals surface area contributed by atoms with Gasteiger partial charge in [-0.1, -0.05) is 218 Å². The quantitative estimate of drug-likeness (QED) is 0.173. The Balaban J connectivity index is 1.03. The third kappa shape index (κ3) is 4.50. The SMILES string of the molecule is c1ccc(C2(c3ccccc3)c3ccccc3Oc3c(-c4ccc(-c5ccc6c(c5)C5(c7ccccc7-c7ccccc75)c5ccccc5-6)c5ccccc45)cccc32)cc1. The van der Waals surface area contributed by atoms with Crippen LogP contribution in [0.5, 0.6) is 11.5 Å². The van der Waals surface area contributed by atoms with E-state index in [4.69, 9.17) is 4.74 Å². The molecule has 284 valence electrons. The van der Waals surface area contributed by atoms with Crippen molar-refractivity contribution in [2.45, 2.75) is 10.8 Å². The molecule has 1 heterocycles. The van der Waals surface area contributed by atoms with Gasteiger partial charge >= 0.3 is 0 Å². The van der Waals surface area contributed by atoms with Crippen LogP contribution in [0.15, 0.2) is 231 Å². The summed E-state index contributed by atoms with van der Waals surface area (Å²) in [6.45, 7) is 0. The average Bonchev–Trinajstić information content (AvgIpc) is 3.80. The van der Waals surface area contributed by atoms with Crippen LogP contribution >= 0.6 is 0 Å². The van der Waals surface area contributed by atoms with E-state index in [0.29, 0.717) is 0 Å². The van der Waals surface area contributed by atoms with E-state index in [2.05, 4.69) is 231 Å². The summed E-state index contributed by atoms with van der Waals surface area (Å²) in [6, 6.07) is 85.0. The molecule has 0 aromatic heterocycles. The molecule has 0 amide bonds. The summed E-state index contributed by atoms with van der Waals surface area (Å²) in [6.07, 6.45) is 0. The minimum atomic E-state index is -0.589. The van der Waals surface area contributed by atoms with E-state index in [-0.39, 0.29) is 0 Å². The van der Waals surface area contributed by atoms with Gasteiger partial charge in [-0.05, 0) is 95.2 Å². The lowest BCUT2D eigenvalue weighted by Crippen LogP contribution is -2.34. The molecule has 2 aliphatic carbocycles. The molecule has 0 atom stereocenters. The van der Waals surface area contributed by atoms with Crippen molar-refractivity contribution in [2.24, 2.45) is 0 Å². The summed E-state index contributed by atoms with van der Waals surface area (Å²) in [4.78, 5) is 0. The fourth-order valence-corrected chi connectivity index (χ4v) is 11.5. The van der Waals surface area contributed by atoms with E-state index in [0.717, 1.165) is 33.8 Å². The van der Waals surface area contributed by atoms with Gasteiger partial charge in [-0.15, -0.1) is 0 Å². The summed E-state index contributed by atoms with van der Waals surface area (Å²) < 4.78 is 7.12. The van der Waals surface area contributed by atoms with E-state index >= 15 is 0 Å². The molecule has 0 bridgehead atoms. The third-order valence-corrected chi connectivity index (χ3v) is 13.9. The van der Waals surface area contributed by atoms with Crippen molar-refractivity contribution in [3.8, 4) is 56.0 Å². The summed E-state index contributed by atoms with van der Waals surface area (Å²) in [7, 11) is 0. The number of ether oxygens (including phenoxy) is 1. The Morgan fingerprint density at radius 1 is 0.262 bits per heavy atom. The van der Waals surface area contributed by atoms with Gasteiger partial charge in [-0.3, -0.25) is 0 Å². The molecule has 10 aromatic carbocycles. The van der Waals surface area contributed by atoms with Crippen LogP contribution in [0.25, 0.3) is 55.3 Å². The first-order valence-electron chi connectivity index (χ1n) is 21.3. The van der Waals surface area contributed by atoms with Gasteiger partial charge in [0.05, 0.1) is 10.8 Å². The van der Waals surface area contributed by atoms with Gasteiger partial charge in [-0.25, -0.2) is 0 Å². The van der Waals surface area contributed by atoms with Crippen molar-refractivity contribution in [2.75, 3.05) is 0 Å². The minimum absolute atomic E-state index is 0.397. The fourth-order valence-electron chi connectivity index (χ4n) is 11.5. The van der Waals surface area contributed by atoms with Crippen LogP contribution in [0.3, 0.4) is 0 Å². The summed E-state index contributed by atoms with van der Waals surface area (Å²) in [5.74, 6) is 1.77. The molecule has 1 spiro atoms. The van der Waals surface area contributed by atoms with E-state index in [1.807, 2.05) is 0 Å². The second-order valence-corrected chi connectivity index (χ2v) is 16.6. The smallest absolute Gasteiger partial charge is 0.140 e. The molecular weight excluding hydrogens is 737 g/mol. The maximum atomic E-state index is 7.12. The molecular formula is C60H38O. The monoisotopic (exact) mass is 774 g/mol. The Morgan fingerprint density at radius 3 is 1.33 bits per heavy atom. The minimum Gasteiger partial charge on any atom is -0.456 e. The maximum Gasteiger partial charge on any atom is 0.140 e. The van der Waals surface area contributed by atoms with Crippen molar-refractivity contribution in [1.29, 1.82) is 0 Å². The molecule has 0 saturated carbocycles. The molecule has 1 heteroatoms. The van der Waals surface area contributed by atoms with E-state index < -0.39 is 10.8 Å². The molecule has 0 radical (unpaired) electrons. The standard InChI is InChI=1S/C60H38O/c1-3-18-40(19-4-1)59(41-20-5-2-6-21-41)54-31-15-16-33-57(54)61-58-50(27-17-32-55(58)59)45-37-36-42(43-22-7-8-23-44(43)45)39-34-35-49-48-26-11-14-30-53(48)60(56(49)38-39)51-28-12-9-24-46(51)47-25-10-13-29-52(47)60/h1-38H. The lowest BCUT2D eigenvalue weighted by atomic mass is 9.63. The molecule has 0 saturated heterocycles. The molecule has 0 N–H and O–H groups in total. The van der Waals surface area contributed by atoms with Gasteiger partial charge in [0, 0.05) is 16.7 Å². The Labute approximate surface area is 355 Å². The highest BCUT2D eigenvalue weighted by Gasteiger charge is 2.51. The summed E-state index contributed by atoms with van der Waals surface area (Å²) >= 11 is 0. The first-order chi connectivity index (χ1) is 30.3. The Morgan fingerprint density at radius 2 is 0.705 bits per heavy atom. The number of hydrogen-bond donors (Lipinski definition) is 0. The van der Waals surface area contributed by atoms with Crippen molar-refractivity contribution in [1.82, 2.24) is 0 Å². The number of fused-ring (bicyclic) bond motifs is 13. The molecule has 0 unspecified atom stereocenters. The highest BCUT2D eigenvalue weighted by atomic mass is 16.5. The number of hydrogen-bond acceptors (Lipinski definition) is 1. The van der Waals surface area contributed by atoms with E-state index in [1.165, 1.54) is 77.5 Å². The predicted octanol–water partition coefficient (Wildman–Crippen LogP) is 15.0. The summed E-state index contributed by atoms with van der Waals surface area (Å²) in [5, 5.41) is 2.40. The second kappa shape index (κ2) is 12.9. The lowest BCUT2D eigenvalue weighted by Gasteiger charge is -2.42. The van der Waals surface area contributed by atoms with Gasteiger partial charge in [0.15, 0.2) is 0 Å². The van der Waals surface area contributed by atoms with Crippen molar-refractivity contribution < 1.29 is 4.74 Å². The van der Waals surface area contributed by atoms with Gasteiger partial charge in [0.25, 0.3) is 0 Å². The number of rotatable bonds is 4. The Hall–Kier alpha value is -7.74. The van der Waals surface area contributed by atoms with Crippen LogP contribution < -0.4 is 4.74 Å². The first kappa shape index (κ1) is 34.2. The van der Waals surface area contributed by atoms with Gasteiger partial charge in [-0.2, -0.15) is 0 Å². The zero-order chi connectivity index (χ0) is 40.1. The normalized spacial score (nSPS) is 14.3. The highest BCUT2D eigenvalue weighted by Crippen LogP contribution is 2.63.